The monoisotopic (exact) mass is 421 g/mol. The number of aromatic nitrogens is 2. The zero-order chi connectivity index (χ0) is 21.0. The third-order valence-electron chi connectivity index (χ3n) is 5.03. The molecule has 154 valence electrons. The normalized spacial score (nSPS) is 19.1. The van der Waals surface area contributed by atoms with Crippen molar-refractivity contribution in [3.63, 3.8) is 0 Å². The van der Waals surface area contributed by atoms with Crippen molar-refractivity contribution in [2.45, 2.75) is 37.1 Å². The van der Waals surface area contributed by atoms with E-state index in [4.69, 9.17) is 11.6 Å². The molecule has 4 rings (SSSR count). The van der Waals surface area contributed by atoms with Crippen LogP contribution in [0.15, 0.2) is 48.5 Å². The second-order valence-corrected chi connectivity index (χ2v) is 7.59. The van der Waals surface area contributed by atoms with E-state index in [9.17, 15) is 30.6 Å². The van der Waals surface area contributed by atoms with E-state index in [-0.39, 0.29) is 11.4 Å². The fourth-order valence-corrected chi connectivity index (χ4v) is 3.84. The molecule has 1 aliphatic rings. The van der Waals surface area contributed by atoms with Gasteiger partial charge in [0.2, 0.25) is 11.8 Å². The minimum atomic E-state index is -3.21. The largest absolute Gasteiger partial charge is 0.353 e. The molecule has 3 aromatic rings. The molecule has 0 unspecified atom stereocenters. The first-order valence-electron chi connectivity index (χ1n) is 8.87. The van der Waals surface area contributed by atoms with Gasteiger partial charge >= 0.3 is 0 Å². The summed E-state index contributed by atoms with van der Waals surface area (Å²) in [4.78, 5) is 4.24. The lowest BCUT2D eigenvalue weighted by Gasteiger charge is -2.42. The van der Waals surface area contributed by atoms with E-state index in [2.05, 4.69) is 4.98 Å². The van der Waals surface area contributed by atoms with Gasteiger partial charge in [0.05, 0.1) is 11.0 Å². The molecule has 0 atom stereocenters. The number of hydrogen-bond donors (Lipinski definition) is 6. The van der Waals surface area contributed by atoms with Crippen molar-refractivity contribution in [3.8, 4) is 0 Å². The number of fused-ring (bicyclic) bond motifs is 1. The molecular weight excluding hydrogens is 402 g/mol. The smallest absolute Gasteiger partial charge is 0.296 e. The Morgan fingerprint density at radius 1 is 0.931 bits per heavy atom. The number of rotatable bonds is 4. The Kier molecular flexibility index (Phi) is 4.69. The van der Waals surface area contributed by atoms with Crippen molar-refractivity contribution >= 4 is 22.6 Å². The van der Waals surface area contributed by atoms with Crippen molar-refractivity contribution in [1.82, 2.24) is 14.5 Å². The topological polar surface area (TPSA) is 142 Å². The van der Waals surface area contributed by atoms with Crippen molar-refractivity contribution < 1.29 is 30.6 Å². The molecule has 6 N–H and O–H groups in total. The Bertz CT molecular complexity index is 1030. The highest BCUT2D eigenvalue weighted by atomic mass is 35.5. The number of hydrogen-bond acceptors (Lipinski definition) is 8. The van der Waals surface area contributed by atoms with Crippen molar-refractivity contribution in [2.24, 2.45) is 0 Å². The minimum absolute atomic E-state index is 0.0204. The maximum Gasteiger partial charge on any atom is 0.296 e. The number of nitrogens with zero attached hydrogens (tertiary/aromatic N) is 3. The van der Waals surface area contributed by atoms with Crippen LogP contribution in [0.4, 0.5) is 0 Å². The van der Waals surface area contributed by atoms with Crippen LogP contribution in [-0.2, 0) is 12.5 Å². The van der Waals surface area contributed by atoms with E-state index in [0.29, 0.717) is 16.1 Å². The van der Waals surface area contributed by atoms with Crippen LogP contribution >= 0.6 is 11.6 Å². The highest BCUT2D eigenvalue weighted by Gasteiger charge is 2.63. The third kappa shape index (κ3) is 3.41. The number of aliphatic hydroxyl groups is 6. The summed E-state index contributed by atoms with van der Waals surface area (Å²) in [7, 11) is 0. The van der Waals surface area contributed by atoms with Gasteiger partial charge in [0.25, 0.3) is 5.91 Å². The number of benzene rings is 2. The zero-order valence-corrected chi connectivity index (χ0v) is 15.9. The predicted molar refractivity (Wildman–Crippen MR) is 102 cm³/mol. The summed E-state index contributed by atoms with van der Waals surface area (Å²) in [6.45, 7) is 0.136. The standard InChI is InChI=1S/C19H20ClN3O6/c20-13-7-5-12(6-8-13)11-22-15-4-2-1-3-14(15)21-16(22)19(28,29)23-17(24,25)9-10-18(23,26)27/h1-8,24-29H,9-11H2. The summed E-state index contributed by atoms with van der Waals surface area (Å²) in [5, 5.41) is 63.0. The quantitative estimate of drug-likeness (QED) is 0.328. The number of likely N-dealkylation sites (tertiary alicyclic amines) is 1. The summed E-state index contributed by atoms with van der Waals surface area (Å²) in [6.07, 6.45) is -1.03. The van der Waals surface area contributed by atoms with E-state index >= 15 is 0 Å². The van der Waals surface area contributed by atoms with Crippen LogP contribution in [-0.4, -0.2) is 56.9 Å². The van der Waals surface area contributed by atoms with Gasteiger partial charge in [-0.05, 0) is 29.8 Å². The Morgan fingerprint density at radius 2 is 1.52 bits per heavy atom. The van der Waals surface area contributed by atoms with E-state index in [1.807, 2.05) is 0 Å². The Balaban J connectivity index is 1.87. The van der Waals surface area contributed by atoms with Gasteiger partial charge in [0, 0.05) is 24.4 Å². The molecule has 9 nitrogen and oxygen atoms in total. The average Bonchev–Trinajstić information content (AvgIpc) is 3.12. The van der Waals surface area contributed by atoms with Crippen LogP contribution < -0.4 is 0 Å². The summed E-state index contributed by atoms with van der Waals surface area (Å²) < 4.78 is 1.45. The van der Waals surface area contributed by atoms with Crippen LogP contribution in [0.5, 0.6) is 0 Å². The predicted octanol–water partition coefficient (Wildman–Crippen LogP) is 0.205. The summed E-state index contributed by atoms with van der Waals surface area (Å²) in [6, 6.07) is 13.7. The summed E-state index contributed by atoms with van der Waals surface area (Å²) in [5.41, 5.74) is 1.70. The fraction of sp³-hybridized carbons (Fsp3) is 0.316. The van der Waals surface area contributed by atoms with Gasteiger partial charge < -0.3 is 35.2 Å². The molecule has 0 aliphatic carbocycles. The van der Waals surface area contributed by atoms with E-state index in [0.717, 1.165) is 5.56 Å². The summed E-state index contributed by atoms with van der Waals surface area (Å²) in [5.74, 6) is -9.38. The highest BCUT2D eigenvalue weighted by molar-refractivity contribution is 6.30. The minimum Gasteiger partial charge on any atom is -0.353 e. The maximum atomic E-state index is 10.9. The summed E-state index contributed by atoms with van der Waals surface area (Å²) >= 11 is 5.92. The van der Waals surface area contributed by atoms with Gasteiger partial charge in [-0.1, -0.05) is 35.9 Å². The van der Waals surface area contributed by atoms with E-state index in [1.165, 1.54) is 4.57 Å². The first kappa shape index (κ1) is 20.2. The highest BCUT2D eigenvalue weighted by Crippen LogP contribution is 2.43. The van der Waals surface area contributed by atoms with Gasteiger partial charge in [0.1, 0.15) is 0 Å². The molecule has 2 aromatic carbocycles. The molecule has 10 heteroatoms. The molecule has 2 heterocycles. The van der Waals surface area contributed by atoms with Gasteiger partial charge in [-0.15, -0.1) is 4.90 Å². The van der Waals surface area contributed by atoms with Crippen molar-refractivity contribution in [1.29, 1.82) is 0 Å². The fourth-order valence-electron chi connectivity index (χ4n) is 3.71. The first-order valence-corrected chi connectivity index (χ1v) is 9.25. The molecular formula is C19H20ClN3O6. The number of imidazole rings is 1. The molecule has 1 aliphatic heterocycles. The number of para-hydroxylation sites is 2. The molecule has 29 heavy (non-hydrogen) atoms. The van der Waals surface area contributed by atoms with Gasteiger partial charge in [-0.2, -0.15) is 0 Å². The van der Waals surface area contributed by atoms with Crippen LogP contribution in [0.25, 0.3) is 11.0 Å². The van der Waals surface area contributed by atoms with Crippen LogP contribution in [0.1, 0.15) is 24.2 Å². The molecule has 0 saturated carbocycles. The molecule has 0 radical (unpaired) electrons. The van der Waals surface area contributed by atoms with E-state index in [1.54, 1.807) is 48.5 Å². The van der Waals surface area contributed by atoms with Crippen LogP contribution in [0.3, 0.4) is 0 Å². The third-order valence-corrected chi connectivity index (χ3v) is 5.28. The van der Waals surface area contributed by atoms with Gasteiger partial charge in [0.15, 0.2) is 5.82 Å². The molecule has 0 spiro atoms. The lowest BCUT2D eigenvalue weighted by Crippen LogP contribution is -2.64. The average molecular weight is 422 g/mol. The Labute approximate surface area is 170 Å². The Morgan fingerprint density at radius 3 is 2.14 bits per heavy atom. The molecule has 1 saturated heterocycles. The van der Waals surface area contributed by atoms with Crippen molar-refractivity contribution in [3.05, 3.63) is 64.9 Å². The maximum absolute atomic E-state index is 10.9. The first-order chi connectivity index (χ1) is 13.5. The molecule has 0 bridgehead atoms. The van der Waals surface area contributed by atoms with Crippen LogP contribution in [0.2, 0.25) is 5.02 Å². The van der Waals surface area contributed by atoms with Gasteiger partial charge in [-0.25, -0.2) is 4.98 Å². The van der Waals surface area contributed by atoms with Gasteiger partial charge in [-0.3, -0.25) is 0 Å². The lowest BCUT2D eigenvalue weighted by molar-refractivity contribution is -0.456. The molecule has 0 amide bonds. The lowest BCUT2D eigenvalue weighted by atomic mass is 10.2. The zero-order valence-electron chi connectivity index (χ0n) is 15.1. The number of halogens is 1. The van der Waals surface area contributed by atoms with E-state index < -0.39 is 36.4 Å². The van der Waals surface area contributed by atoms with Crippen LogP contribution in [0, 0.1) is 0 Å². The molecule has 1 fully saturated rings. The van der Waals surface area contributed by atoms with Crippen molar-refractivity contribution in [2.75, 3.05) is 0 Å². The molecule has 1 aromatic heterocycles. The second kappa shape index (κ2) is 6.73. The SMILES string of the molecule is OC1(O)CCC(O)(O)N1C(O)(O)c1nc2ccccc2n1Cc1ccc(Cl)cc1. The Hall–Kier alpha value is -2.08. The second-order valence-electron chi connectivity index (χ2n) is 7.16.